The fourth-order valence-corrected chi connectivity index (χ4v) is 1.85. The van der Waals surface area contributed by atoms with E-state index in [0.29, 0.717) is 10.8 Å². The van der Waals surface area contributed by atoms with Crippen LogP contribution in [-0.4, -0.2) is 19.7 Å². The summed E-state index contributed by atoms with van der Waals surface area (Å²) in [5.74, 6) is 0.208. The highest BCUT2D eigenvalue weighted by Gasteiger charge is 2.07. The Morgan fingerprint density at radius 2 is 2.06 bits per heavy atom. The number of aromatic hydroxyl groups is 1. The second-order valence-corrected chi connectivity index (χ2v) is 4.01. The molecule has 0 aliphatic rings. The second-order valence-electron chi connectivity index (χ2n) is 3.62. The zero-order valence-corrected chi connectivity index (χ0v) is 9.46. The third kappa shape index (κ3) is 1.72. The van der Waals surface area contributed by atoms with E-state index in [4.69, 9.17) is 11.6 Å². The normalized spacial score (nSPS) is 10.9. The van der Waals surface area contributed by atoms with Crippen molar-refractivity contribution in [1.82, 2.24) is 14.6 Å². The topological polar surface area (TPSA) is 50.4 Å². The second kappa shape index (κ2) is 3.75. The quantitative estimate of drug-likeness (QED) is 0.717. The minimum absolute atomic E-state index is 0.208. The van der Waals surface area contributed by atoms with Crippen LogP contribution in [0.2, 0.25) is 5.15 Å². The average Bonchev–Trinajstić information content (AvgIpc) is 2.71. The summed E-state index contributed by atoms with van der Waals surface area (Å²) in [6, 6.07) is 10.4. The molecule has 0 bridgehead atoms. The lowest BCUT2D eigenvalue weighted by molar-refractivity contribution is 0.475. The molecule has 2 heterocycles. The van der Waals surface area contributed by atoms with Gasteiger partial charge in [0.2, 0.25) is 0 Å². The smallest absolute Gasteiger partial charge is 0.154 e. The molecule has 0 unspecified atom stereocenters. The zero-order chi connectivity index (χ0) is 11.8. The van der Waals surface area contributed by atoms with Crippen molar-refractivity contribution in [3.8, 4) is 17.0 Å². The average molecular weight is 246 g/mol. The molecule has 3 rings (SSSR count). The number of nitrogens with zero attached hydrogens (tertiary/aromatic N) is 3. The Bertz CT molecular complexity index is 693. The van der Waals surface area contributed by atoms with Crippen LogP contribution in [-0.2, 0) is 0 Å². The maximum absolute atomic E-state index is 9.46. The summed E-state index contributed by atoms with van der Waals surface area (Å²) in [6.07, 6.45) is 1.70. The number of hydrogen-bond donors (Lipinski definition) is 1. The number of aromatic nitrogens is 3. The van der Waals surface area contributed by atoms with Gasteiger partial charge in [-0.1, -0.05) is 23.7 Å². The van der Waals surface area contributed by atoms with E-state index in [2.05, 4.69) is 10.1 Å². The summed E-state index contributed by atoms with van der Waals surface area (Å²) in [6.45, 7) is 0. The van der Waals surface area contributed by atoms with Gasteiger partial charge in [0.1, 0.15) is 10.9 Å². The van der Waals surface area contributed by atoms with Crippen molar-refractivity contribution in [3.05, 3.63) is 47.7 Å². The highest BCUT2D eigenvalue weighted by molar-refractivity contribution is 6.29. The van der Waals surface area contributed by atoms with Crippen molar-refractivity contribution in [2.45, 2.75) is 0 Å². The molecule has 0 saturated carbocycles. The predicted molar refractivity (Wildman–Crippen MR) is 65.1 cm³/mol. The van der Waals surface area contributed by atoms with Crippen LogP contribution < -0.4 is 0 Å². The van der Waals surface area contributed by atoms with E-state index in [1.807, 2.05) is 6.07 Å². The summed E-state index contributed by atoms with van der Waals surface area (Å²) < 4.78 is 1.65. The van der Waals surface area contributed by atoms with E-state index in [-0.39, 0.29) is 5.75 Å². The Morgan fingerprint density at radius 3 is 2.88 bits per heavy atom. The minimum atomic E-state index is 0.208. The lowest BCUT2D eigenvalue weighted by atomic mass is 10.1. The van der Waals surface area contributed by atoms with Gasteiger partial charge in [-0.25, -0.2) is 9.50 Å². The van der Waals surface area contributed by atoms with Gasteiger partial charge in [0, 0.05) is 5.56 Å². The van der Waals surface area contributed by atoms with E-state index in [0.717, 1.165) is 11.3 Å². The van der Waals surface area contributed by atoms with Crippen LogP contribution in [0.1, 0.15) is 0 Å². The summed E-state index contributed by atoms with van der Waals surface area (Å²) in [5, 5.41) is 14.0. The Morgan fingerprint density at radius 1 is 1.18 bits per heavy atom. The van der Waals surface area contributed by atoms with E-state index in [9.17, 15) is 5.11 Å². The van der Waals surface area contributed by atoms with Crippen LogP contribution in [0.25, 0.3) is 16.9 Å². The highest BCUT2D eigenvalue weighted by Crippen LogP contribution is 2.23. The number of imidazole rings is 1. The van der Waals surface area contributed by atoms with Crippen molar-refractivity contribution in [3.63, 3.8) is 0 Å². The maximum atomic E-state index is 9.46. The SMILES string of the molecule is Oc1cccc(-c2cnc3ccc(Cl)nn23)c1. The summed E-state index contributed by atoms with van der Waals surface area (Å²) in [5.41, 5.74) is 2.35. The molecular formula is C12H8ClN3O. The maximum Gasteiger partial charge on any atom is 0.154 e. The van der Waals surface area contributed by atoms with Gasteiger partial charge in [0.15, 0.2) is 5.65 Å². The Labute approximate surface area is 102 Å². The zero-order valence-electron chi connectivity index (χ0n) is 8.71. The number of phenolic OH excluding ortho intramolecular Hbond substituents is 1. The van der Waals surface area contributed by atoms with E-state index in [1.54, 1.807) is 41.0 Å². The molecule has 0 radical (unpaired) electrons. The molecule has 1 N–H and O–H groups in total. The Balaban J connectivity index is 2.27. The molecule has 84 valence electrons. The third-order valence-corrected chi connectivity index (χ3v) is 2.67. The van der Waals surface area contributed by atoms with Crippen LogP contribution >= 0.6 is 11.6 Å². The molecule has 4 nitrogen and oxygen atoms in total. The molecule has 0 saturated heterocycles. The van der Waals surface area contributed by atoms with Crippen molar-refractivity contribution in [2.75, 3.05) is 0 Å². The van der Waals surface area contributed by atoms with E-state index >= 15 is 0 Å². The Kier molecular flexibility index (Phi) is 2.23. The fraction of sp³-hybridized carbons (Fsp3) is 0. The first-order valence-electron chi connectivity index (χ1n) is 5.04. The van der Waals surface area contributed by atoms with Gasteiger partial charge in [-0.05, 0) is 24.3 Å². The first-order valence-corrected chi connectivity index (χ1v) is 5.41. The molecule has 0 fully saturated rings. The molecular weight excluding hydrogens is 238 g/mol. The molecule has 5 heteroatoms. The van der Waals surface area contributed by atoms with Crippen LogP contribution in [0.3, 0.4) is 0 Å². The lowest BCUT2D eigenvalue weighted by Gasteiger charge is -2.01. The largest absolute Gasteiger partial charge is 0.508 e. The van der Waals surface area contributed by atoms with Gasteiger partial charge in [-0.3, -0.25) is 0 Å². The molecule has 17 heavy (non-hydrogen) atoms. The summed E-state index contributed by atoms with van der Waals surface area (Å²) in [4.78, 5) is 4.23. The molecule has 2 aromatic heterocycles. The van der Waals surface area contributed by atoms with Gasteiger partial charge in [0.25, 0.3) is 0 Å². The van der Waals surface area contributed by atoms with Crippen molar-refractivity contribution in [2.24, 2.45) is 0 Å². The van der Waals surface area contributed by atoms with E-state index < -0.39 is 0 Å². The molecule has 1 aromatic carbocycles. The van der Waals surface area contributed by atoms with Crippen LogP contribution in [0.5, 0.6) is 5.75 Å². The van der Waals surface area contributed by atoms with Gasteiger partial charge in [0.05, 0.1) is 11.9 Å². The van der Waals surface area contributed by atoms with Gasteiger partial charge in [-0.15, -0.1) is 0 Å². The van der Waals surface area contributed by atoms with Gasteiger partial charge in [-0.2, -0.15) is 5.10 Å². The molecule has 3 aromatic rings. The van der Waals surface area contributed by atoms with Crippen LogP contribution in [0, 0.1) is 0 Å². The van der Waals surface area contributed by atoms with E-state index in [1.165, 1.54) is 0 Å². The number of halogens is 1. The first-order chi connectivity index (χ1) is 8.24. The molecule has 0 aliphatic heterocycles. The predicted octanol–water partition coefficient (Wildman–Crippen LogP) is 2.76. The molecule has 0 amide bonds. The van der Waals surface area contributed by atoms with Crippen molar-refractivity contribution >= 4 is 17.2 Å². The monoisotopic (exact) mass is 245 g/mol. The van der Waals surface area contributed by atoms with Gasteiger partial charge >= 0.3 is 0 Å². The number of fused-ring (bicyclic) bond motifs is 1. The molecule has 0 atom stereocenters. The minimum Gasteiger partial charge on any atom is -0.508 e. The summed E-state index contributed by atoms with van der Waals surface area (Å²) in [7, 11) is 0. The Hall–Kier alpha value is -2.07. The number of phenols is 1. The summed E-state index contributed by atoms with van der Waals surface area (Å²) >= 11 is 5.86. The van der Waals surface area contributed by atoms with Crippen molar-refractivity contribution < 1.29 is 5.11 Å². The fourth-order valence-electron chi connectivity index (χ4n) is 1.71. The van der Waals surface area contributed by atoms with Crippen LogP contribution in [0.4, 0.5) is 0 Å². The standard InChI is InChI=1S/C12H8ClN3O/c13-11-4-5-12-14-7-10(16(12)15-11)8-2-1-3-9(17)6-8/h1-7,17H. The van der Waals surface area contributed by atoms with Crippen LogP contribution in [0.15, 0.2) is 42.6 Å². The number of benzene rings is 1. The number of hydrogen-bond acceptors (Lipinski definition) is 3. The molecule has 0 spiro atoms. The number of rotatable bonds is 1. The first kappa shape index (κ1) is 10.1. The molecule has 0 aliphatic carbocycles. The highest BCUT2D eigenvalue weighted by atomic mass is 35.5. The van der Waals surface area contributed by atoms with Gasteiger partial charge < -0.3 is 5.11 Å². The van der Waals surface area contributed by atoms with Crippen molar-refractivity contribution in [1.29, 1.82) is 0 Å². The third-order valence-electron chi connectivity index (χ3n) is 2.47. The lowest BCUT2D eigenvalue weighted by Crippen LogP contribution is -1.93.